The average Bonchev–Trinajstić information content (AvgIpc) is 2.87. The van der Waals surface area contributed by atoms with Gasteiger partial charge in [0.15, 0.2) is 0 Å². The fourth-order valence-electron chi connectivity index (χ4n) is 6.11. The molecular formula is C30H44O5. The molecule has 5 heteroatoms. The van der Waals surface area contributed by atoms with E-state index >= 15 is 0 Å². The molecule has 194 valence electrons. The van der Waals surface area contributed by atoms with Crippen LogP contribution in [-0.2, 0) is 9.53 Å². The third-order valence-electron chi connectivity index (χ3n) is 8.17. The summed E-state index contributed by atoms with van der Waals surface area (Å²) in [4.78, 5) is 23.4. The Morgan fingerprint density at radius 1 is 0.971 bits per heavy atom. The number of hydrogen-bond donors (Lipinski definition) is 1. The first-order valence-electron chi connectivity index (χ1n) is 13.7. The van der Waals surface area contributed by atoms with Crippen LogP contribution in [0.5, 0.6) is 5.75 Å². The van der Waals surface area contributed by atoms with Crippen LogP contribution < -0.4 is 4.74 Å². The van der Waals surface area contributed by atoms with Crippen LogP contribution in [0.3, 0.4) is 0 Å². The van der Waals surface area contributed by atoms with Crippen molar-refractivity contribution in [3.05, 3.63) is 41.5 Å². The first-order valence-corrected chi connectivity index (χ1v) is 13.7. The van der Waals surface area contributed by atoms with Crippen molar-refractivity contribution < 1.29 is 24.2 Å². The van der Waals surface area contributed by atoms with E-state index in [4.69, 9.17) is 9.47 Å². The maximum Gasteiger partial charge on any atom is 0.335 e. The molecule has 0 aliphatic heterocycles. The number of benzene rings is 1. The summed E-state index contributed by atoms with van der Waals surface area (Å²) in [5.41, 5.74) is 1.61. The van der Waals surface area contributed by atoms with Crippen LogP contribution in [0.1, 0.15) is 113 Å². The SMILES string of the molecule is C=C(C)C(=O)OCCOc1ccc(C(=O)O)c([C@H]2CC[C@H]([C@H]3CC[C@H](CCCCC)CC3)CC2)c1. The average molecular weight is 485 g/mol. The highest BCUT2D eigenvalue weighted by atomic mass is 16.6. The van der Waals surface area contributed by atoms with E-state index in [0.717, 1.165) is 36.2 Å². The van der Waals surface area contributed by atoms with E-state index in [1.165, 1.54) is 64.2 Å². The molecule has 2 saturated carbocycles. The van der Waals surface area contributed by atoms with Crippen LogP contribution in [0.25, 0.3) is 0 Å². The molecule has 0 heterocycles. The summed E-state index contributed by atoms with van der Waals surface area (Å²) in [6.45, 7) is 7.80. The molecule has 2 fully saturated rings. The Balaban J connectivity index is 1.51. The van der Waals surface area contributed by atoms with Crippen molar-refractivity contribution in [3.63, 3.8) is 0 Å². The van der Waals surface area contributed by atoms with Gasteiger partial charge in [0, 0.05) is 5.57 Å². The Labute approximate surface area is 211 Å². The molecule has 2 aliphatic carbocycles. The molecule has 0 aromatic heterocycles. The van der Waals surface area contributed by atoms with Crippen LogP contribution in [0, 0.1) is 17.8 Å². The van der Waals surface area contributed by atoms with E-state index in [1.807, 2.05) is 6.07 Å². The summed E-state index contributed by atoms with van der Waals surface area (Å²) in [5, 5.41) is 9.77. The van der Waals surface area contributed by atoms with Gasteiger partial charge < -0.3 is 14.6 Å². The zero-order chi connectivity index (χ0) is 25.2. The molecule has 0 unspecified atom stereocenters. The summed E-state index contributed by atoms with van der Waals surface area (Å²) < 4.78 is 10.8. The highest BCUT2D eigenvalue weighted by Gasteiger charge is 2.32. The van der Waals surface area contributed by atoms with Gasteiger partial charge in [-0.15, -0.1) is 0 Å². The highest BCUT2D eigenvalue weighted by Crippen LogP contribution is 2.45. The predicted octanol–water partition coefficient (Wildman–Crippen LogP) is 7.54. The van der Waals surface area contributed by atoms with Gasteiger partial charge in [-0.05, 0) is 92.9 Å². The Morgan fingerprint density at radius 2 is 1.63 bits per heavy atom. The van der Waals surface area contributed by atoms with Gasteiger partial charge >= 0.3 is 11.9 Å². The van der Waals surface area contributed by atoms with Crippen molar-refractivity contribution in [2.45, 2.75) is 96.8 Å². The molecule has 0 bridgehead atoms. The molecule has 3 rings (SSSR count). The lowest BCUT2D eigenvalue weighted by atomic mass is 9.67. The normalized spacial score (nSPS) is 24.5. The Kier molecular flexibility index (Phi) is 10.7. The maximum atomic E-state index is 11.9. The predicted molar refractivity (Wildman–Crippen MR) is 139 cm³/mol. The summed E-state index contributed by atoms with van der Waals surface area (Å²) in [6.07, 6.45) is 15.5. The number of ether oxygens (including phenoxy) is 2. The van der Waals surface area contributed by atoms with E-state index < -0.39 is 11.9 Å². The molecule has 0 spiro atoms. The van der Waals surface area contributed by atoms with Gasteiger partial charge in [0.25, 0.3) is 0 Å². The van der Waals surface area contributed by atoms with E-state index in [0.29, 0.717) is 16.9 Å². The third kappa shape index (κ3) is 8.12. The monoisotopic (exact) mass is 484 g/mol. The zero-order valence-corrected chi connectivity index (χ0v) is 21.7. The number of carboxylic acids is 1. The molecule has 0 amide bonds. The van der Waals surface area contributed by atoms with Crippen molar-refractivity contribution in [3.8, 4) is 5.75 Å². The second-order valence-electron chi connectivity index (χ2n) is 10.7. The standard InChI is InChI=1S/C30H44O5/c1-4-5-6-7-22-8-10-23(11-9-22)24-12-14-25(15-13-24)28-20-26(16-17-27(28)29(31)32)34-18-19-35-30(33)21(2)3/h16-17,20,22-25H,2,4-15,18-19H2,1,3H3,(H,31,32)/t22-,23-,24-,25-. The lowest BCUT2D eigenvalue weighted by Gasteiger charge is -2.38. The topological polar surface area (TPSA) is 72.8 Å². The summed E-state index contributed by atoms with van der Waals surface area (Å²) >= 11 is 0. The molecule has 2 aliphatic rings. The Bertz CT molecular complexity index is 844. The second kappa shape index (κ2) is 13.7. The summed E-state index contributed by atoms with van der Waals surface area (Å²) in [7, 11) is 0. The fraction of sp³-hybridized carbons (Fsp3) is 0.667. The lowest BCUT2D eigenvalue weighted by Crippen LogP contribution is -2.26. The van der Waals surface area contributed by atoms with E-state index in [2.05, 4.69) is 13.5 Å². The van der Waals surface area contributed by atoms with Gasteiger partial charge in [-0.1, -0.05) is 52.0 Å². The number of unbranched alkanes of at least 4 members (excludes halogenated alkanes) is 2. The smallest absolute Gasteiger partial charge is 0.335 e. The molecule has 0 radical (unpaired) electrons. The zero-order valence-electron chi connectivity index (χ0n) is 21.7. The molecule has 0 atom stereocenters. The number of rotatable bonds is 12. The molecule has 35 heavy (non-hydrogen) atoms. The summed E-state index contributed by atoms with van der Waals surface area (Å²) in [5.74, 6) is 2.15. The van der Waals surface area contributed by atoms with Crippen LogP contribution in [0.2, 0.25) is 0 Å². The Morgan fingerprint density at radius 3 is 2.23 bits per heavy atom. The number of hydrogen-bond acceptors (Lipinski definition) is 4. The number of esters is 1. The first-order chi connectivity index (χ1) is 16.9. The molecule has 0 saturated heterocycles. The minimum Gasteiger partial charge on any atom is -0.490 e. The third-order valence-corrected chi connectivity index (χ3v) is 8.17. The minimum atomic E-state index is -0.884. The van der Waals surface area contributed by atoms with Gasteiger partial charge in [-0.2, -0.15) is 0 Å². The maximum absolute atomic E-state index is 11.9. The lowest BCUT2D eigenvalue weighted by molar-refractivity contribution is -0.139. The van der Waals surface area contributed by atoms with Crippen LogP contribution in [0.15, 0.2) is 30.4 Å². The van der Waals surface area contributed by atoms with Gasteiger partial charge in [0.05, 0.1) is 5.56 Å². The molecule has 1 aromatic carbocycles. The number of carbonyl (C=O) groups is 2. The van der Waals surface area contributed by atoms with E-state index in [-0.39, 0.29) is 19.1 Å². The second-order valence-corrected chi connectivity index (χ2v) is 10.7. The van der Waals surface area contributed by atoms with Crippen LogP contribution >= 0.6 is 0 Å². The number of aromatic carboxylic acids is 1. The summed E-state index contributed by atoms with van der Waals surface area (Å²) in [6, 6.07) is 5.23. The molecular weight excluding hydrogens is 440 g/mol. The molecule has 1 N–H and O–H groups in total. The molecule has 1 aromatic rings. The van der Waals surface area contributed by atoms with Gasteiger partial charge in [-0.25, -0.2) is 9.59 Å². The minimum absolute atomic E-state index is 0.133. The van der Waals surface area contributed by atoms with Crippen molar-refractivity contribution in [1.82, 2.24) is 0 Å². The van der Waals surface area contributed by atoms with E-state index in [9.17, 15) is 14.7 Å². The largest absolute Gasteiger partial charge is 0.490 e. The molecule has 5 nitrogen and oxygen atoms in total. The van der Waals surface area contributed by atoms with Gasteiger partial charge in [0.1, 0.15) is 19.0 Å². The van der Waals surface area contributed by atoms with Gasteiger partial charge in [-0.3, -0.25) is 0 Å². The Hall–Kier alpha value is -2.30. The number of carboxylic acid groups (broad SMARTS) is 1. The first kappa shape index (κ1) is 27.3. The van der Waals surface area contributed by atoms with Crippen molar-refractivity contribution >= 4 is 11.9 Å². The number of carbonyl (C=O) groups excluding carboxylic acids is 1. The van der Waals surface area contributed by atoms with Crippen molar-refractivity contribution in [1.29, 1.82) is 0 Å². The van der Waals surface area contributed by atoms with Crippen LogP contribution in [-0.4, -0.2) is 30.3 Å². The highest BCUT2D eigenvalue weighted by molar-refractivity contribution is 5.90. The van der Waals surface area contributed by atoms with Gasteiger partial charge in [0.2, 0.25) is 0 Å². The van der Waals surface area contributed by atoms with Crippen LogP contribution in [0.4, 0.5) is 0 Å². The fourth-order valence-corrected chi connectivity index (χ4v) is 6.11. The van der Waals surface area contributed by atoms with E-state index in [1.54, 1.807) is 19.1 Å². The quantitative estimate of drug-likeness (QED) is 0.188. The van der Waals surface area contributed by atoms with Crippen molar-refractivity contribution in [2.75, 3.05) is 13.2 Å². The van der Waals surface area contributed by atoms with Crippen molar-refractivity contribution in [2.24, 2.45) is 17.8 Å².